The van der Waals surface area contributed by atoms with E-state index in [4.69, 9.17) is 4.74 Å². The fourth-order valence-electron chi connectivity index (χ4n) is 1.78. The summed E-state index contributed by atoms with van der Waals surface area (Å²) in [6.45, 7) is 0.572. The first-order valence-electron chi connectivity index (χ1n) is 7.03. The highest BCUT2D eigenvalue weighted by Crippen LogP contribution is 2.01. The second kappa shape index (κ2) is 8.59. The van der Waals surface area contributed by atoms with Crippen molar-refractivity contribution in [3.63, 3.8) is 0 Å². The van der Waals surface area contributed by atoms with Gasteiger partial charge in [0.25, 0.3) is 5.91 Å². The minimum absolute atomic E-state index is 0.182. The van der Waals surface area contributed by atoms with Gasteiger partial charge in [-0.2, -0.15) is 0 Å². The SMILES string of the molecule is O=C(CCNNC(=O)c1ccccc1)OCc1ccccc1. The zero-order chi connectivity index (χ0) is 15.6. The molecule has 2 aromatic carbocycles. The molecule has 0 radical (unpaired) electrons. The Hall–Kier alpha value is -2.66. The maximum Gasteiger partial charge on any atom is 0.307 e. The first-order valence-corrected chi connectivity index (χ1v) is 7.03. The van der Waals surface area contributed by atoms with Crippen LogP contribution in [0.2, 0.25) is 0 Å². The topological polar surface area (TPSA) is 67.4 Å². The smallest absolute Gasteiger partial charge is 0.307 e. The quantitative estimate of drug-likeness (QED) is 0.466. The number of carbonyl (C=O) groups is 2. The van der Waals surface area contributed by atoms with Crippen molar-refractivity contribution in [1.29, 1.82) is 0 Å². The number of rotatable bonds is 7. The standard InChI is InChI=1S/C17H18N2O3/c20-16(22-13-14-7-3-1-4-8-14)11-12-18-19-17(21)15-9-5-2-6-10-15/h1-10,18H,11-13H2,(H,19,21). The van der Waals surface area contributed by atoms with Crippen LogP contribution in [0.25, 0.3) is 0 Å². The van der Waals surface area contributed by atoms with Crippen molar-refractivity contribution in [2.24, 2.45) is 0 Å². The maximum absolute atomic E-state index is 11.7. The Morgan fingerprint density at radius 1 is 0.909 bits per heavy atom. The van der Waals surface area contributed by atoms with Crippen LogP contribution in [0.15, 0.2) is 60.7 Å². The second-order valence-electron chi connectivity index (χ2n) is 4.64. The molecule has 0 unspecified atom stereocenters. The Morgan fingerprint density at radius 3 is 2.23 bits per heavy atom. The van der Waals surface area contributed by atoms with E-state index in [1.54, 1.807) is 24.3 Å². The fraction of sp³-hybridized carbons (Fsp3) is 0.176. The van der Waals surface area contributed by atoms with E-state index in [1.165, 1.54) is 0 Å². The van der Waals surface area contributed by atoms with E-state index in [1.807, 2.05) is 36.4 Å². The summed E-state index contributed by atoms with van der Waals surface area (Å²) in [6.07, 6.45) is 0.182. The predicted octanol–water partition coefficient (Wildman–Crippen LogP) is 2.05. The third-order valence-electron chi connectivity index (χ3n) is 2.93. The molecule has 0 heterocycles. The number of ether oxygens (including phenoxy) is 1. The Balaban J connectivity index is 1.60. The molecular weight excluding hydrogens is 280 g/mol. The zero-order valence-corrected chi connectivity index (χ0v) is 12.1. The zero-order valence-electron chi connectivity index (χ0n) is 12.1. The number of benzene rings is 2. The molecule has 1 amide bonds. The highest BCUT2D eigenvalue weighted by Gasteiger charge is 2.05. The lowest BCUT2D eigenvalue weighted by atomic mass is 10.2. The Bertz CT molecular complexity index is 600. The average molecular weight is 298 g/mol. The highest BCUT2D eigenvalue weighted by atomic mass is 16.5. The molecular formula is C17H18N2O3. The van der Waals surface area contributed by atoms with Crippen LogP contribution in [0.3, 0.4) is 0 Å². The van der Waals surface area contributed by atoms with Crippen LogP contribution in [0.5, 0.6) is 0 Å². The molecule has 0 fully saturated rings. The first kappa shape index (κ1) is 15.7. The number of carbonyl (C=O) groups excluding carboxylic acids is 2. The van der Waals surface area contributed by atoms with Crippen LogP contribution in [-0.2, 0) is 16.1 Å². The Labute approximate surface area is 129 Å². The van der Waals surface area contributed by atoms with Gasteiger partial charge in [0, 0.05) is 12.1 Å². The molecule has 0 saturated heterocycles. The molecule has 0 aromatic heterocycles. The summed E-state index contributed by atoms with van der Waals surface area (Å²) in [5, 5.41) is 0. The van der Waals surface area contributed by atoms with Gasteiger partial charge >= 0.3 is 5.97 Å². The minimum Gasteiger partial charge on any atom is -0.461 e. The predicted molar refractivity (Wildman–Crippen MR) is 82.8 cm³/mol. The Kier molecular flexibility index (Phi) is 6.14. The average Bonchev–Trinajstić information content (AvgIpc) is 2.58. The summed E-state index contributed by atoms with van der Waals surface area (Å²) < 4.78 is 5.13. The normalized spacial score (nSPS) is 10.0. The minimum atomic E-state index is -0.315. The van der Waals surface area contributed by atoms with Crippen LogP contribution in [0, 0.1) is 0 Å². The van der Waals surface area contributed by atoms with Crippen LogP contribution >= 0.6 is 0 Å². The van der Waals surface area contributed by atoms with Gasteiger partial charge in [-0.1, -0.05) is 48.5 Å². The number of hydrogen-bond acceptors (Lipinski definition) is 4. The lowest BCUT2D eigenvalue weighted by Crippen LogP contribution is -2.38. The van der Waals surface area contributed by atoms with E-state index in [2.05, 4.69) is 10.9 Å². The third-order valence-corrected chi connectivity index (χ3v) is 2.93. The summed E-state index contributed by atoms with van der Waals surface area (Å²) in [5.41, 5.74) is 6.75. The maximum atomic E-state index is 11.7. The van der Waals surface area contributed by atoms with Gasteiger partial charge in [0.05, 0.1) is 6.42 Å². The molecule has 5 heteroatoms. The van der Waals surface area contributed by atoms with E-state index < -0.39 is 0 Å². The summed E-state index contributed by atoms with van der Waals surface area (Å²) in [7, 11) is 0. The largest absolute Gasteiger partial charge is 0.461 e. The van der Waals surface area contributed by atoms with E-state index in [9.17, 15) is 9.59 Å². The van der Waals surface area contributed by atoms with Crippen molar-refractivity contribution in [3.8, 4) is 0 Å². The monoisotopic (exact) mass is 298 g/mol. The Morgan fingerprint density at radius 2 is 1.55 bits per heavy atom. The van der Waals surface area contributed by atoms with Gasteiger partial charge in [0.1, 0.15) is 6.61 Å². The molecule has 0 aliphatic carbocycles. The highest BCUT2D eigenvalue weighted by molar-refractivity contribution is 5.93. The molecule has 5 nitrogen and oxygen atoms in total. The molecule has 0 atom stereocenters. The van der Waals surface area contributed by atoms with Gasteiger partial charge in [0.15, 0.2) is 0 Å². The van der Waals surface area contributed by atoms with Gasteiger partial charge in [-0.25, -0.2) is 5.43 Å². The molecule has 2 N–H and O–H groups in total. The fourth-order valence-corrected chi connectivity index (χ4v) is 1.78. The molecule has 0 saturated carbocycles. The van der Waals surface area contributed by atoms with E-state index >= 15 is 0 Å². The number of esters is 1. The molecule has 22 heavy (non-hydrogen) atoms. The van der Waals surface area contributed by atoms with Crippen LogP contribution in [0.1, 0.15) is 22.3 Å². The summed E-state index contributed by atoms with van der Waals surface area (Å²) in [4.78, 5) is 23.3. The molecule has 0 aliphatic heterocycles. The number of hydrazine groups is 1. The molecule has 0 bridgehead atoms. The van der Waals surface area contributed by atoms with Crippen molar-refractivity contribution >= 4 is 11.9 Å². The van der Waals surface area contributed by atoms with Gasteiger partial charge in [-0.3, -0.25) is 15.0 Å². The van der Waals surface area contributed by atoms with Crippen LogP contribution in [-0.4, -0.2) is 18.4 Å². The number of nitrogens with one attached hydrogen (secondary N) is 2. The third kappa shape index (κ3) is 5.38. The van der Waals surface area contributed by atoms with E-state index in [-0.39, 0.29) is 24.9 Å². The van der Waals surface area contributed by atoms with Gasteiger partial charge in [-0.15, -0.1) is 0 Å². The van der Waals surface area contributed by atoms with Crippen molar-refractivity contribution in [2.45, 2.75) is 13.0 Å². The van der Waals surface area contributed by atoms with Crippen molar-refractivity contribution in [1.82, 2.24) is 10.9 Å². The van der Waals surface area contributed by atoms with Crippen molar-refractivity contribution < 1.29 is 14.3 Å². The van der Waals surface area contributed by atoms with Crippen LogP contribution < -0.4 is 10.9 Å². The molecule has 2 rings (SSSR count). The molecule has 0 aliphatic rings. The van der Waals surface area contributed by atoms with Crippen molar-refractivity contribution in [2.75, 3.05) is 6.54 Å². The summed E-state index contributed by atoms with van der Waals surface area (Å²) in [6, 6.07) is 18.3. The second-order valence-corrected chi connectivity index (χ2v) is 4.64. The lowest BCUT2D eigenvalue weighted by Gasteiger charge is -2.07. The van der Waals surface area contributed by atoms with Gasteiger partial charge in [-0.05, 0) is 17.7 Å². The van der Waals surface area contributed by atoms with Crippen molar-refractivity contribution in [3.05, 3.63) is 71.8 Å². The summed E-state index contributed by atoms with van der Waals surface area (Å²) >= 11 is 0. The lowest BCUT2D eigenvalue weighted by molar-refractivity contribution is -0.144. The first-order chi connectivity index (χ1) is 10.8. The van der Waals surface area contributed by atoms with Crippen LogP contribution in [0.4, 0.5) is 0 Å². The molecule has 0 spiro atoms. The number of hydrogen-bond donors (Lipinski definition) is 2. The molecule has 114 valence electrons. The van der Waals surface area contributed by atoms with E-state index in [0.29, 0.717) is 12.1 Å². The summed E-state index contributed by atoms with van der Waals surface area (Å²) in [5.74, 6) is -0.552. The number of amides is 1. The molecule has 2 aromatic rings. The van der Waals surface area contributed by atoms with Gasteiger partial charge < -0.3 is 4.74 Å². The van der Waals surface area contributed by atoms with E-state index in [0.717, 1.165) is 5.56 Å². The van der Waals surface area contributed by atoms with Gasteiger partial charge in [0.2, 0.25) is 0 Å².